The normalized spacial score (nSPS) is 15.5. The summed E-state index contributed by atoms with van der Waals surface area (Å²) in [6.07, 6.45) is -4.90. The molecule has 1 aliphatic rings. The number of nitrogens with zero attached hydrogens (tertiary/aromatic N) is 1. The second-order valence-corrected chi connectivity index (χ2v) is 9.04. The molecule has 0 aliphatic carbocycles. The predicted molar refractivity (Wildman–Crippen MR) is 120 cm³/mol. The van der Waals surface area contributed by atoms with Gasteiger partial charge in [-0.05, 0) is 56.3 Å². The van der Waals surface area contributed by atoms with Gasteiger partial charge in [-0.2, -0.15) is 13.2 Å². The molecule has 1 aliphatic heterocycles. The van der Waals surface area contributed by atoms with Gasteiger partial charge in [0, 0.05) is 21.7 Å². The van der Waals surface area contributed by atoms with Crippen molar-refractivity contribution in [3.05, 3.63) is 92.8 Å². The average Bonchev–Trinajstić information content (AvgIpc) is 3.10. The Bertz CT molecular complexity index is 1400. The van der Waals surface area contributed by atoms with Gasteiger partial charge in [0.25, 0.3) is 11.8 Å². The van der Waals surface area contributed by atoms with Gasteiger partial charge in [-0.25, -0.2) is 13.8 Å². The van der Waals surface area contributed by atoms with Crippen molar-refractivity contribution in [1.29, 1.82) is 0 Å². The maximum Gasteiger partial charge on any atom is 0.416 e. The minimum atomic E-state index is -4.90. The zero-order chi connectivity index (χ0) is 26.6. The lowest BCUT2D eigenvalue weighted by atomic mass is 9.95. The lowest BCUT2D eigenvalue weighted by Gasteiger charge is -2.22. The third kappa shape index (κ3) is 4.89. The maximum absolute atomic E-state index is 14.0. The molecule has 0 fully saturated rings. The molecule has 2 aromatic carbocycles. The lowest BCUT2D eigenvalue weighted by Crippen LogP contribution is -2.22. The fourth-order valence-corrected chi connectivity index (χ4v) is 3.98. The van der Waals surface area contributed by atoms with Gasteiger partial charge in [0.2, 0.25) is 0 Å². The Morgan fingerprint density at radius 3 is 2.42 bits per heavy atom. The first-order valence-electron chi connectivity index (χ1n) is 10.4. The van der Waals surface area contributed by atoms with Crippen LogP contribution in [-0.2, 0) is 11.8 Å². The zero-order valence-electron chi connectivity index (χ0n) is 18.6. The zero-order valence-corrected chi connectivity index (χ0v) is 19.4. The summed E-state index contributed by atoms with van der Waals surface area (Å²) in [5.74, 6) is -3.79. The molecule has 0 saturated carbocycles. The van der Waals surface area contributed by atoms with E-state index in [0.29, 0.717) is 12.1 Å². The number of benzene rings is 2. The van der Waals surface area contributed by atoms with E-state index < -0.39 is 52.4 Å². The molecule has 188 valence electrons. The SMILES string of the molecule is CC(C)(O)c1cc(NC(=O)c2cc(F)cc(C(F)(F)F)c2)c2c(n1)C(=O)N[C@@H]2c1cc(F)ccc1Cl. The average molecular weight is 526 g/mol. The van der Waals surface area contributed by atoms with Gasteiger partial charge in [-0.1, -0.05) is 11.6 Å². The number of carbonyl (C=O) groups excluding carboxylic acids is 2. The van der Waals surface area contributed by atoms with Gasteiger partial charge in [0.15, 0.2) is 0 Å². The molecule has 0 bridgehead atoms. The number of nitrogens with one attached hydrogen (secondary N) is 2. The highest BCUT2D eigenvalue weighted by molar-refractivity contribution is 6.31. The summed E-state index contributed by atoms with van der Waals surface area (Å²) < 4.78 is 67.3. The van der Waals surface area contributed by atoms with E-state index in [1.165, 1.54) is 26.0 Å². The summed E-state index contributed by atoms with van der Waals surface area (Å²) in [5.41, 5.74) is -3.82. The largest absolute Gasteiger partial charge is 0.416 e. The molecule has 12 heteroatoms. The van der Waals surface area contributed by atoms with Crippen molar-refractivity contribution in [1.82, 2.24) is 10.3 Å². The predicted octanol–water partition coefficient (Wildman–Crippen LogP) is 5.34. The van der Waals surface area contributed by atoms with Crippen molar-refractivity contribution in [3.8, 4) is 0 Å². The Balaban J connectivity index is 1.86. The number of hydrogen-bond donors (Lipinski definition) is 3. The van der Waals surface area contributed by atoms with Crippen LogP contribution < -0.4 is 10.6 Å². The number of carbonyl (C=O) groups is 2. The Kier molecular flexibility index (Phi) is 6.26. The molecule has 6 nitrogen and oxygen atoms in total. The molecule has 0 unspecified atom stereocenters. The van der Waals surface area contributed by atoms with Gasteiger partial charge in [-0.3, -0.25) is 9.59 Å². The molecule has 0 saturated heterocycles. The van der Waals surface area contributed by atoms with Crippen LogP contribution in [0.4, 0.5) is 27.6 Å². The summed E-state index contributed by atoms with van der Waals surface area (Å²) in [6.45, 7) is 2.73. The minimum absolute atomic E-state index is 0.0429. The molecule has 0 radical (unpaired) electrons. The lowest BCUT2D eigenvalue weighted by molar-refractivity contribution is -0.137. The smallest absolute Gasteiger partial charge is 0.384 e. The van der Waals surface area contributed by atoms with Gasteiger partial charge < -0.3 is 15.7 Å². The van der Waals surface area contributed by atoms with Crippen LogP contribution in [0.2, 0.25) is 5.02 Å². The molecule has 3 N–H and O–H groups in total. The first-order valence-corrected chi connectivity index (χ1v) is 10.8. The Labute approximate surface area is 206 Å². The molecule has 1 aromatic heterocycles. The Hall–Kier alpha value is -3.57. The van der Waals surface area contributed by atoms with Gasteiger partial charge >= 0.3 is 6.18 Å². The third-order valence-electron chi connectivity index (χ3n) is 5.47. The molecule has 36 heavy (non-hydrogen) atoms. The maximum atomic E-state index is 14.0. The van der Waals surface area contributed by atoms with Gasteiger partial charge in [-0.15, -0.1) is 0 Å². The van der Waals surface area contributed by atoms with E-state index in [-0.39, 0.29) is 39.3 Å². The fraction of sp³-hybridized carbons (Fsp3) is 0.208. The van der Waals surface area contributed by atoms with E-state index in [2.05, 4.69) is 15.6 Å². The van der Waals surface area contributed by atoms with E-state index in [1.54, 1.807) is 0 Å². The van der Waals surface area contributed by atoms with Crippen LogP contribution in [0.25, 0.3) is 0 Å². The number of aromatic nitrogens is 1. The summed E-state index contributed by atoms with van der Waals surface area (Å²) >= 11 is 6.21. The van der Waals surface area contributed by atoms with Crippen molar-refractivity contribution < 1.29 is 36.6 Å². The number of rotatable bonds is 4. The first-order chi connectivity index (χ1) is 16.6. The molecule has 2 heterocycles. The highest BCUT2D eigenvalue weighted by atomic mass is 35.5. The van der Waals surface area contributed by atoms with Crippen molar-refractivity contribution >= 4 is 29.1 Å². The quantitative estimate of drug-likeness (QED) is 0.401. The molecule has 0 spiro atoms. The summed E-state index contributed by atoms with van der Waals surface area (Å²) in [4.78, 5) is 29.9. The number of aliphatic hydroxyl groups is 1. The highest BCUT2D eigenvalue weighted by Gasteiger charge is 2.38. The Morgan fingerprint density at radius 1 is 1.08 bits per heavy atom. The van der Waals surface area contributed by atoms with Gasteiger partial charge in [0.05, 0.1) is 23.0 Å². The summed E-state index contributed by atoms with van der Waals surface area (Å²) in [5, 5.41) is 15.5. The van der Waals surface area contributed by atoms with Crippen LogP contribution in [0.1, 0.15) is 63.1 Å². The molecular weight excluding hydrogens is 509 g/mol. The number of anilines is 1. The third-order valence-corrected chi connectivity index (χ3v) is 5.81. The molecule has 2 amide bonds. The van der Waals surface area contributed by atoms with Crippen molar-refractivity contribution in [2.75, 3.05) is 5.32 Å². The molecule has 1 atom stereocenters. The molecule has 4 rings (SSSR count). The monoisotopic (exact) mass is 525 g/mol. The van der Waals surface area contributed by atoms with E-state index in [1.807, 2.05) is 0 Å². The van der Waals surface area contributed by atoms with Crippen molar-refractivity contribution in [2.24, 2.45) is 0 Å². The van der Waals surface area contributed by atoms with E-state index in [9.17, 15) is 36.6 Å². The van der Waals surface area contributed by atoms with Crippen LogP contribution >= 0.6 is 11.6 Å². The van der Waals surface area contributed by atoms with Crippen LogP contribution in [0, 0.1) is 11.6 Å². The Morgan fingerprint density at radius 2 is 1.78 bits per heavy atom. The molecule has 3 aromatic rings. The molecular formula is C24H17ClF5N3O3. The first kappa shape index (κ1) is 25.5. The van der Waals surface area contributed by atoms with E-state index in [0.717, 1.165) is 12.1 Å². The van der Waals surface area contributed by atoms with Crippen LogP contribution in [0.5, 0.6) is 0 Å². The van der Waals surface area contributed by atoms with E-state index >= 15 is 0 Å². The standard InChI is InChI=1S/C24H17ClF5N3O3/c1-23(2,36)17-9-16(31-21(34)10-5-11(24(28,29)30)7-13(27)6-10)18-19(33-22(35)20(18)32-17)14-8-12(26)3-4-15(14)25/h3-9,19,36H,1-2H3,(H,33,35)(H,31,32,34)/t19-/m1/s1. The van der Waals surface area contributed by atoms with Crippen molar-refractivity contribution in [2.45, 2.75) is 31.7 Å². The second kappa shape index (κ2) is 8.82. The van der Waals surface area contributed by atoms with E-state index in [4.69, 9.17) is 11.6 Å². The van der Waals surface area contributed by atoms with Crippen LogP contribution in [-0.4, -0.2) is 21.9 Å². The number of amides is 2. The summed E-state index contributed by atoms with van der Waals surface area (Å²) in [6, 6.07) is 4.91. The number of fused-ring (bicyclic) bond motifs is 1. The minimum Gasteiger partial charge on any atom is -0.384 e. The topological polar surface area (TPSA) is 91.3 Å². The number of hydrogen-bond acceptors (Lipinski definition) is 4. The van der Waals surface area contributed by atoms with Crippen molar-refractivity contribution in [3.63, 3.8) is 0 Å². The second-order valence-electron chi connectivity index (χ2n) is 8.63. The number of alkyl halides is 3. The van der Waals surface area contributed by atoms with Crippen LogP contribution in [0.3, 0.4) is 0 Å². The highest BCUT2D eigenvalue weighted by Crippen LogP contribution is 2.40. The fourth-order valence-electron chi connectivity index (χ4n) is 3.76. The number of pyridine rings is 1. The number of halogens is 6. The summed E-state index contributed by atoms with van der Waals surface area (Å²) in [7, 11) is 0. The van der Waals surface area contributed by atoms with Crippen LogP contribution in [0.15, 0.2) is 42.5 Å². The van der Waals surface area contributed by atoms with Gasteiger partial charge in [0.1, 0.15) is 22.9 Å².